The maximum absolute atomic E-state index is 11.4. The van der Waals surface area contributed by atoms with Gasteiger partial charge in [0.1, 0.15) is 6.04 Å². The fourth-order valence-electron chi connectivity index (χ4n) is 1.36. The largest absolute Gasteiger partial charge is 0.481 e. The molecular weight excluding hydrogens is 238 g/mol. The molecule has 7 heteroatoms. The second-order valence-corrected chi connectivity index (χ2v) is 4.38. The molecule has 0 aromatic carbocycles. The number of carboxylic acids is 1. The SMILES string of the molecule is CC(C)C(NC(=O)NCCCCC(=O)O)C(N)=O. The van der Waals surface area contributed by atoms with Crippen LogP contribution in [0.15, 0.2) is 0 Å². The molecule has 0 spiro atoms. The Morgan fingerprint density at radius 1 is 1.22 bits per heavy atom. The van der Waals surface area contributed by atoms with Gasteiger partial charge in [0.2, 0.25) is 5.91 Å². The van der Waals surface area contributed by atoms with Gasteiger partial charge < -0.3 is 21.5 Å². The van der Waals surface area contributed by atoms with E-state index < -0.39 is 23.9 Å². The summed E-state index contributed by atoms with van der Waals surface area (Å²) in [5, 5.41) is 13.4. The third-order valence-electron chi connectivity index (χ3n) is 2.36. The number of primary amides is 1. The maximum Gasteiger partial charge on any atom is 0.315 e. The van der Waals surface area contributed by atoms with Crippen LogP contribution in [0.2, 0.25) is 0 Å². The van der Waals surface area contributed by atoms with Crippen LogP contribution in [0, 0.1) is 5.92 Å². The molecule has 3 amide bonds. The van der Waals surface area contributed by atoms with Crippen molar-refractivity contribution in [2.75, 3.05) is 6.54 Å². The molecule has 7 nitrogen and oxygen atoms in total. The van der Waals surface area contributed by atoms with E-state index in [1.807, 2.05) is 0 Å². The molecule has 0 aliphatic carbocycles. The van der Waals surface area contributed by atoms with Gasteiger partial charge in [0, 0.05) is 13.0 Å². The first-order chi connectivity index (χ1) is 8.34. The molecule has 0 fully saturated rings. The lowest BCUT2D eigenvalue weighted by molar-refractivity contribution is -0.137. The average molecular weight is 259 g/mol. The third-order valence-corrected chi connectivity index (χ3v) is 2.36. The molecule has 0 rings (SSSR count). The Hall–Kier alpha value is -1.79. The molecule has 0 aliphatic heterocycles. The van der Waals surface area contributed by atoms with E-state index in [-0.39, 0.29) is 12.3 Å². The van der Waals surface area contributed by atoms with E-state index in [9.17, 15) is 14.4 Å². The molecule has 0 aliphatic rings. The Morgan fingerprint density at radius 2 is 1.83 bits per heavy atom. The van der Waals surface area contributed by atoms with Crippen molar-refractivity contribution in [2.45, 2.75) is 39.2 Å². The highest BCUT2D eigenvalue weighted by molar-refractivity contribution is 5.86. The van der Waals surface area contributed by atoms with E-state index in [1.165, 1.54) is 0 Å². The van der Waals surface area contributed by atoms with Crippen LogP contribution < -0.4 is 16.4 Å². The van der Waals surface area contributed by atoms with Crippen molar-refractivity contribution in [1.29, 1.82) is 0 Å². The maximum atomic E-state index is 11.4. The van der Waals surface area contributed by atoms with E-state index in [4.69, 9.17) is 10.8 Å². The number of unbranched alkanes of at least 4 members (excludes halogenated alkanes) is 1. The molecule has 5 N–H and O–H groups in total. The summed E-state index contributed by atoms with van der Waals surface area (Å²) in [6, 6.07) is -1.17. The van der Waals surface area contributed by atoms with Gasteiger partial charge in [-0.2, -0.15) is 0 Å². The molecule has 0 bridgehead atoms. The number of carbonyl (C=O) groups excluding carboxylic acids is 2. The number of urea groups is 1. The number of aliphatic carboxylic acids is 1. The quantitative estimate of drug-likeness (QED) is 0.460. The standard InChI is InChI=1S/C11H21N3O4/c1-7(2)9(10(12)17)14-11(18)13-6-4-3-5-8(15)16/h7,9H,3-6H2,1-2H3,(H2,12,17)(H,15,16)(H2,13,14,18). The minimum atomic E-state index is -0.854. The zero-order chi connectivity index (χ0) is 14.1. The second-order valence-electron chi connectivity index (χ2n) is 4.38. The highest BCUT2D eigenvalue weighted by Crippen LogP contribution is 2.00. The smallest absolute Gasteiger partial charge is 0.315 e. The number of nitrogens with one attached hydrogen (secondary N) is 2. The lowest BCUT2D eigenvalue weighted by Crippen LogP contribution is -2.51. The summed E-state index contributed by atoms with van der Waals surface area (Å²) >= 11 is 0. The first-order valence-corrected chi connectivity index (χ1v) is 5.90. The first kappa shape index (κ1) is 16.2. The van der Waals surface area contributed by atoms with Crippen molar-refractivity contribution in [3.05, 3.63) is 0 Å². The summed E-state index contributed by atoms with van der Waals surface area (Å²) in [6.07, 6.45) is 1.15. The number of rotatable bonds is 8. The Balaban J connectivity index is 3.82. The highest BCUT2D eigenvalue weighted by Gasteiger charge is 2.21. The van der Waals surface area contributed by atoms with Gasteiger partial charge in [0.15, 0.2) is 0 Å². The van der Waals surface area contributed by atoms with Crippen molar-refractivity contribution >= 4 is 17.9 Å². The van der Waals surface area contributed by atoms with E-state index in [1.54, 1.807) is 13.8 Å². The number of hydrogen-bond acceptors (Lipinski definition) is 3. The summed E-state index contributed by atoms with van der Waals surface area (Å²) in [6.45, 7) is 3.92. The summed E-state index contributed by atoms with van der Waals surface area (Å²) in [4.78, 5) is 32.7. The molecule has 104 valence electrons. The minimum Gasteiger partial charge on any atom is -0.481 e. The number of nitrogens with two attached hydrogens (primary N) is 1. The zero-order valence-corrected chi connectivity index (χ0v) is 10.7. The van der Waals surface area contributed by atoms with Crippen LogP contribution in [0.5, 0.6) is 0 Å². The average Bonchev–Trinajstić information content (AvgIpc) is 2.24. The fraction of sp³-hybridized carbons (Fsp3) is 0.727. The normalized spacial score (nSPS) is 11.9. The number of carboxylic acid groups (broad SMARTS) is 1. The lowest BCUT2D eigenvalue weighted by atomic mass is 10.0. The highest BCUT2D eigenvalue weighted by atomic mass is 16.4. The van der Waals surface area contributed by atoms with Crippen LogP contribution in [0.3, 0.4) is 0 Å². The van der Waals surface area contributed by atoms with Crippen LogP contribution in [-0.4, -0.2) is 35.6 Å². The van der Waals surface area contributed by atoms with Crippen molar-refractivity contribution in [3.8, 4) is 0 Å². The van der Waals surface area contributed by atoms with Crippen LogP contribution in [-0.2, 0) is 9.59 Å². The van der Waals surface area contributed by atoms with Gasteiger partial charge in [-0.1, -0.05) is 13.8 Å². The molecule has 1 atom stereocenters. The van der Waals surface area contributed by atoms with E-state index in [2.05, 4.69) is 10.6 Å². The summed E-state index contributed by atoms with van der Waals surface area (Å²) in [5.41, 5.74) is 5.15. The van der Waals surface area contributed by atoms with Gasteiger partial charge in [-0.05, 0) is 18.8 Å². The fourth-order valence-corrected chi connectivity index (χ4v) is 1.36. The van der Waals surface area contributed by atoms with Crippen molar-refractivity contribution in [2.24, 2.45) is 11.7 Å². The number of amides is 3. The second kappa shape index (κ2) is 8.32. The van der Waals surface area contributed by atoms with Gasteiger partial charge in [-0.3, -0.25) is 9.59 Å². The van der Waals surface area contributed by atoms with E-state index >= 15 is 0 Å². The van der Waals surface area contributed by atoms with E-state index in [0.717, 1.165) is 0 Å². The summed E-state index contributed by atoms with van der Waals surface area (Å²) in [5.74, 6) is -1.51. The molecular formula is C11H21N3O4. The van der Waals surface area contributed by atoms with Crippen LogP contribution in [0.1, 0.15) is 33.1 Å². The lowest BCUT2D eigenvalue weighted by Gasteiger charge is -2.19. The number of carbonyl (C=O) groups is 3. The van der Waals surface area contributed by atoms with Gasteiger partial charge >= 0.3 is 12.0 Å². The van der Waals surface area contributed by atoms with Crippen LogP contribution in [0.25, 0.3) is 0 Å². The molecule has 18 heavy (non-hydrogen) atoms. The Labute approximate surface area is 106 Å². The molecule has 0 saturated heterocycles. The molecule has 1 unspecified atom stereocenters. The van der Waals surface area contributed by atoms with Gasteiger partial charge in [0.05, 0.1) is 0 Å². The monoisotopic (exact) mass is 259 g/mol. The zero-order valence-electron chi connectivity index (χ0n) is 10.7. The molecule has 0 aromatic rings. The van der Waals surface area contributed by atoms with Crippen molar-refractivity contribution in [1.82, 2.24) is 10.6 Å². The van der Waals surface area contributed by atoms with Gasteiger partial charge in [-0.25, -0.2) is 4.79 Å². The molecule has 0 heterocycles. The predicted molar refractivity (Wildman–Crippen MR) is 65.8 cm³/mol. The third kappa shape index (κ3) is 7.48. The number of hydrogen-bond donors (Lipinski definition) is 4. The van der Waals surface area contributed by atoms with Crippen molar-refractivity contribution < 1.29 is 19.5 Å². The minimum absolute atomic E-state index is 0.0825. The summed E-state index contributed by atoms with van der Waals surface area (Å²) in [7, 11) is 0. The topological polar surface area (TPSA) is 122 Å². The van der Waals surface area contributed by atoms with Gasteiger partial charge in [-0.15, -0.1) is 0 Å². The van der Waals surface area contributed by atoms with Crippen LogP contribution >= 0.6 is 0 Å². The Morgan fingerprint density at radius 3 is 2.28 bits per heavy atom. The molecule has 0 saturated carbocycles. The molecule has 0 aromatic heterocycles. The van der Waals surface area contributed by atoms with Crippen LogP contribution in [0.4, 0.5) is 4.79 Å². The first-order valence-electron chi connectivity index (χ1n) is 5.90. The van der Waals surface area contributed by atoms with E-state index in [0.29, 0.717) is 19.4 Å². The van der Waals surface area contributed by atoms with Crippen molar-refractivity contribution in [3.63, 3.8) is 0 Å². The predicted octanol–water partition coefficient (Wildman–Crippen LogP) is 0.0504. The van der Waals surface area contributed by atoms with Gasteiger partial charge in [0.25, 0.3) is 0 Å². The Bertz CT molecular complexity index is 305. The molecule has 0 radical (unpaired) electrons. The summed E-state index contributed by atoms with van der Waals surface area (Å²) < 4.78 is 0. The Kier molecular flexibility index (Phi) is 7.50.